The molecule has 0 spiro atoms. The number of halogens is 2. The second-order valence-electron chi connectivity index (χ2n) is 11.3. The molecule has 10 heteroatoms. The van der Waals surface area contributed by atoms with Gasteiger partial charge in [-0.05, 0) is 61.6 Å². The summed E-state index contributed by atoms with van der Waals surface area (Å²) in [7, 11) is -3.87. The molecule has 2 amide bonds. The van der Waals surface area contributed by atoms with Crippen molar-refractivity contribution in [3.63, 3.8) is 0 Å². The Hall–Kier alpha value is -3.07. The summed E-state index contributed by atoms with van der Waals surface area (Å²) < 4.78 is 27.3. The average molecular weight is 645 g/mol. The first-order valence-corrected chi connectivity index (χ1v) is 17.2. The second-order valence-corrected chi connectivity index (χ2v) is 14.0. The van der Waals surface area contributed by atoms with Crippen LogP contribution in [0.15, 0.2) is 66.7 Å². The van der Waals surface area contributed by atoms with Gasteiger partial charge in [-0.25, -0.2) is 8.42 Å². The molecule has 3 aromatic carbocycles. The van der Waals surface area contributed by atoms with Crippen molar-refractivity contribution in [3.8, 4) is 0 Å². The van der Waals surface area contributed by atoms with E-state index in [0.29, 0.717) is 21.3 Å². The zero-order valence-electron chi connectivity index (χ0n) is 24.9. The Morgan fingerprint density at radius 1 is 0.907 bits per heavy atom. The molecule has 0 saturated heterocycles. The Morgan fingerprint density at radius 3 is 2.16 bits per heavy atom. The largest absolute Gasteiger partial charge is 0.352 e. The topological polar surface area (TPSA) is 86.8 Å². The molecule has 4 rings (SSSR count). The van der Waals surface area contributed by atoms with E-state index in [-0.39, 0.29) is 24.9 Å². The summed E-state index contributed by atoms with van der Waals surface area (Å²) in [5.74, 6) is -0.827. The Balaban J connectivity index is 1.78. The number of hydrogen-bond donors (Lipinski definition) is 1. The number of benzene rings is 3. The zero-order valence-corrected chi connectivity index (χ0v) is 27.2. The number of nitrogens with one attached hydrogen (secondary N) is 1. The van der Waals surface area contributed by atoms with Crippen LogP contribution in [0.4, 0.5) is 5.69 Å². The van der Waals surface area contributed by atoms with Gasteiger partial charge in [0.05, 0.1) is 11.9 Å². The van der Waals surface area contributed by atoms with E-state index in [9.17, 15) is 18.0 Å². The number of carbonyl (C=O) groups is 2. The van der Waals surface area contributed by atoms with Gasteiger partial charge < -0.3 is 10.2 Å². The van der Waals surface area contributed by atoms with Crippen LogP contribution in [0.2, 0.25) is 10.0 Å². The van der Waals surface area contributed by atoms with E-state index in [2.05, 4.69) is 5.32 Å². The van der Waals surface area contributed by atoms with E-state index in [1.54, 1.807) is 30.3 Å². The van der Waals surface area contributed by atoms with Gasteiger partial charge >= 0.3 is 0 Å². The molecule has 0 aromatic heterocycles. The van der Waals surface area contributed by atoms with Crippen LogP contribution in [0.5, 0.6) is 0 Å². The molecule has 43 heavy (non-hydrogen) atoms. The maximum absolute atomic E-state index is 14.4. The number of amides is 2. The lowest BCUT2D eigenvalue weighted by atomic mass is 9.94. The molecule has 1 unspecified atom stereocenters. The van der Waals surface area contributed by atoms with Crippen LogP contribution in [-0.2, 0) is 32.6 Å². The molecule has 1 atom stereocenters. The average Bonchev–Trinajstić information content (AvgIpc) is 2.97. The number of nitrogens with zero attached hydrogens (tertiary/aromatic N) is 2. The Kier molecular flexibility index (Phi) is 11.2. The second kappa shape index (κ2) is 14.6. The van der Waals surface area contributed by atoms with Crippen LogP contribution in [0.25, 0.3) is 0 Å². The van der Waals surface area contributed by atoms with Crippen molar-refractivity contribution in [1.29, 1.82) is 0 Å². The molecule has 1 aliphatic carbocycles. The fraction of sp³-hybridized carbons (Fsp3) is 0.394. The Bertz CT molecular complexity index is 1520. The van der Waals surface area contributed by atoms with Crippen molar-refractivity contribution < 1.29 is 18.0 Å². The fourth-order valence-corrected chi connectivity index (χ4v) is 6.97. The molecule has 3 aromatic rings. The first kappa shape index (κ1) is 32.8. The van der Waals surface area contributed by atoms with Crippen molar-refractivity contribution >= 4 is 50.7 Å². The van der Waals surface area contributed by atoms with Crippen LogP contribution in [0.1, 0.15) is 54.4 Å². The molecule has 7 nitrogen and oxygen atoms in total. The highest BCUT2D eigenvalue weighted by Crippen LogP contribution is 2.29. The summed E-state index contributed by atoms with van der Waals surface area (Å²) in [5, 5.41) is 3.90. The van der Waals surface area contributed by atoms with Gasteiger partial charge in [0.25, 0.3) is 0 Å². The van der Waals surface area contributed by atoms with E-state index >= 15 is 0 Å². The SMILES string of the molecule is Cc1cccc(N(CC(=O)N(Cc2c(Cl)cccc2Cl)C(Cc2ccccc2)C(=O)NC2CCCCC2)S(C)(=O)=O)c1C. The van der Waals surface area contributed by atoms with Gasteiger partial charge in [-0.2, -0.15) is 0 Å². The molecule has 0 aliphatic heterocycles. The summed E-state index contributed by atoms with van der Waals surface area (Å²) in [6, 6.07) is 19.0. The number of anilines is 1. The van der Waals surface area contributed by atoms with Crippen LogP contribution in [-0.4, -0.2) is 50.0 Å². The van der Waals surface area contributed by atoms with Gasteiger partial charge in [-0.3, -0.25) is 13.9 Å². The molecule has 1 saturated carbocycles. The summed E-state index contributed by atoms with van der Waals surface area (Å²) in [6.07, 6.45) is 6.26. The predicted molar refractivity (Wildman–Crippen MR) is 174 cm³/mol. The highest BCUT2D eigenvalue weighted by Gasteiger charge is 2.35. The van der Waals surface area contributed by atoms with Gasteiger partial charge in [-0.15, -0.1) is 0 Å². The maximum Gasteiger partial charge on any atom is 0.244 e. The zero-order chi connectivity index (χ0) is 31.1. The third kappa shape index (κ3) is 8.52. The molecular weight excluding hydrogens is 605 g/mol. The predicted octanol–water partition coefficient (Wildman–Crippen LogP) is 6.47. The lowest BCUT2D eigenvalue weighted by Gasteiger charge is -2.35. The van der Waals surface area contributed by atoms with Crippen molar-refractivity contribution in [1.82, 2.24) is 10.2 Å². The highest BCUT2D eigenvalue weighted by molar-refractivity contribution is 7.92. The summed E-state index contributed by atoms with van der Waals surface area (Å²) in [5.41, 5.74) is 3.41. The van der Waals surface area contributed by atoms with Gasteiger partial charge in [0.15, 0.2) is 0 Å². The van der Waals surface area contributed by atoms with Gasteiger partial charge in [-0.1, -0.05) is 91.0 Å². The third-order valence-electron chi connectivity index (χ3n) is 8.14. The van der Waals surface area contributed by atoms with Crippen molar-refractivity contribution in [3.05, 3.63) is 99.0 Å². The summed E-state index contributed by atoms with van der Waals surface area (Å²) in [4.78, 5) is 29.9. The molecule has 0 heterocycles. The molecule has 1 N–H and O–H groups in total. The third-order valence-corrected chi connectivity index (χ3v) is 9.97. The molecule has 0 radical (unpaired) electrons. The van der Waals surface area contributed by atoms with Crippen LogP contribution in [0.3, 0.4) is 0 Å². The molecule has 1 aliphatic rings. The van der Waals surface area contributed by atoms with Gasteiger partial charge in [0.2, 0.25) is 21.8 Å². The molecule has 1 fully saturated rings. The summed E-state index contributed by atoms with van der Waals surface area (Å²) in [6.45, 7) is 3.15. The fourth-order valence-electron chi connectivity index (χ4n) is 5.55. The van der Waals surface area contributed by atoms with Crippen LogP contribution < -0.4 is 9.62 Å². The van der Waals surface area contributed by atoms with Crippen LogP contribution in [0, 0.1) is 13.8 Å². The molecule has 230 valence electrons. The number of aryl methyl sites for hydroxylation is 1. The van der Waals surface area contributed by atoms with Crippen molar-refractivity contribution in [2.45, 2.75) is 71.0 Å². The molecular formula is C33H39Cl2N3O4S. The quantitative estimate of drug-likeness (QED) is 0.260. The van der Waals surface area contributed by atoms with Crippen LogP contribution >= 0.6 is 23.2 Å². The monoisotopic (exact) mass is 643 g/mol. The maximum atomic E-state index is 14.4. The van der Waals surface area contributed by atoms with Gasteiger partial charge in [0, 0.05) is 34.6 Å². The minimum atomic E-state index is -3.87. The lowest BCUT2D eigenvalue weighted by Crippen LogP contribution is -2.55. The first-order valence-electron chi connectivity index (χ1n) is 14.6. The summed E-state index contributed by atoms with van der Waals surface area (Å²) >= 11 is 13.1. The number of rotatable bonds is 11. The van der Waals surface area contributed by atoms with Crippen molar-refractivity contribution in [2.24, 2.45) is 0 Å². The van der Waals surface area contributed by atoms with E-state index < -0.39 is 28.5 Å². The van der Waals surface area contributed by atoms with E-state index in [0.717, 1.165) is 59.4 Å². The standard InChI is InChI=1S/C33H39Cl2N3O4S/c1-23-12-10-19-30(24(23)2)38(43(3,41)42)22-32(39)37(21-27-28(34)17-11-18-29(27)35)31(20-25-13-6-4-7-14-25)33(40)36-26-15-8-5-9-16-26/h4,6-7,10-14,17-19,26,31H,5,8-9,15-16,20-22H2,1-3H3,(H,36,40). The van der Waals surface area contributed by atoms with E-state index in [1.165, 1.54) is 4.90 Å². The lowest BCUT2D eigenvalue weighted by molar-refractivity contribution is -0.140. The minimum absolute atomic E-state index is 0.0165. The number of carbonyl (C=O) groups excluding carboxylic acids is 2. The molecule has 0 bridgehead atoms. The Labute approximate surface area is 265 Å². The minimum Gasteiger partial charge on any atom is -0.352 e. The number of sulfonamides is 1. The smallest absolute Gasteiger partial charge is 0.244 e. The highest BCUT2D eigenvalue weighted by atomic mass is 35.5. The van der Waals surface area contributed by atoms with Gasteiger partial charge in [0.1, 0.15) is 12.6 Å². The van der Waals surface area contributed by atoms with E-state index in [4.69, 9.17) is 23.2 Å². The van der Waals surface area contributed by atoms with Crippen molar-refractivity contribution in [2.75, 3.05) is 17.1 Å². The van der Waals surface area contributed by atoms with E-state index in [1.807, 2.05) is 50.2 Å². The Morgan fingerprint density at radius 2 is 1.53 bits per heavy atom. The number of hydrogen-bond acceptors (Lipinski definition) is 4. The first-order chi connectivity index (χ1) is 20.5. The normalized spacial score (nSPS) is 14.6.